The van der Waals surface area contributed by atoms with E-state index in [0.717, 1.165) is 0 Å². The second-order valence-corrected chi connectivity index (χ2v) is 6.51. The second kappa shape index (κ2) is 8.89. The van der Waals surface area contributed by atoms with E-state index in [0.29, 0.717) is 16.3 Å². The van der Waals surface area contributed by atoms with Crippen LogP contribution in [0.3, 0.4) is 0 Å². The lowest BCUT2D eigenvalue weighted by Crippen LogP contribution is -2.39. The standard InChI is InChI=1S/C21H18ClNO6/c1-27-20(25)16-11-29-12-23(18(16)21(26)28-2)17-9-8-14(22)10-15(17)19(24)13-6-4-3-5-7-13/h3-10H,11-12H2,1-2H3. The van der Waals surface area contributed by atoms with Gasteiger partial charge in [0.2, 0.25) is 0 Å². The van der Waals surface area contributed by atoms with Gasteiger partial charge in [-0.05, 0) is 18.2 Å². The Morgan fingerprint density at radius 3 is 2.34 bits per heavy atom. The summed E-state index contributed by atoms with van der Waals surface area (Å²) in [5.74, 6) is -1.76. The lowest BCUT2D eigenvalue weighted by atomic mass is 10.00. The molecule has 1 heterocycles. The van der Waals surface area contributed by atoms with E-state index < -0.39 is 11.9 Å². The third-order valence-electron chi connectivity index (χ3n) is 4.36. The van der Waals surface area contributed by atoms with E-state index in [4.69, 9.17) is 25.8 Å². The molecule has 8 heteroatoms. The van der Waals surface area contributed by atoms with Crippen molar-refractivity contribution in [1.82, 2.24) is 0 Å². The van der Waals surface area contributed by atoms with Gasteiger partial charge in [0.25, 0.3) is 0 Å². The van der Waals surface area contributed by atoms with Crippen LogP contribution in [0, 0.1) is 0 Å². The average molecular weight is 416 g/mol. The SMILES string of the molecule is COC(=O)C1=C(C(=O)OC)N(c2ccc(Cl)cc2C(=O)c2ccccc2)COC1. The number of esters is 2. The minimum atomic E-state index is -0.748. The van der Waals surface area contributed by atoms with Crippen molar-refractivity contribution < 1.29 is 28.6 Å². The zero-order chi connectivity index (χ0) is 21.0. The first kappa shape index (κ1) is 20.6. The Kier molecular flexibility index (Phi) is 6.31. The Hall–Kier alpha value is -3.16. The summed E-state index contributed by atoms with van der Waals surface area (Å²) in [5, 5.41) is 0.350. The molecule has 1 aliphatic heterocycles. The van der Waals surface area contributed by atoms with Crippen molar-refractivity contribution in [3.63, 3.8) is 0 Å². The summed E-state index contributed by atoms with van der Waals surface area (Å²) < 4.78 is 15.1. The molecule has 1 aliphatic rings. The van der Waals surface area contributed by atoms with Gasteiger partial charge in [0.15, 0.2) is 5.78 Å². The number of ether oxygens (including phenoxy) is 3. The first-order chi connectivity index (χ1) is 14.0. The molecule has 2 aromatic rings. The molecule has 0 radical (unpaired) electrons. The number of ketones is 1. The summed E-state index contributed by atoms with van der Waals surface area (Å²) in [6, 6.07) is 13.3. The molecular weight excluding hydrogens is 398 g/mol. The molecule has 0 unspecified atom stereocenters. The van der Waals surface area contributed by atoms with Gasteiger partial charge in [0.1, 0.15) is 12.4 Å². The van der Waals surface area contributed by atoms with Crippen LogP contribution >= 0.6 is 11.6 Å². The minimum absolute atomic E-state index is 0.00124. The molecule has 7 nitrogen and oxygen atoms in total. The summed E-state index contributed by atoms with van der Waals surface area (Å²) in [6.45, 7) is -0.190. The molecule has 0 saturated carbocycles. The van der Waals surface area contributed by atoms with E-state index in [1.807, 2.05) is 0 Å². The fourth-order valence-corrected chi connectivity index (χ4v) is 3.18. The zero-order valence-electron chi connectivity index (χ0n) is 15.8. The molecular formula is C21H18ClNO6. The molecule has 0 bridgehead atoms. The lowest BCUT2D eigenvalue weighted by molar-refractivity contribution is -0.140. The van der Waals surface area contributed by atoms with Gasteiger partial charge in [-0.15, -0.1) is 0 Å². The maximum atomic E-state index is 13.1. The fraction of sp³-hybridized carbons (Fsp3) is 0.190. The van der Waals surface area contributed by atoms with E-state index in [2.05, 4.69) is 0 Å². The van der Waals surface area contributed by atoms with Crippen molar-refractivity contribution in [1.29, 1.82) is 0 Å². The van der Waals surface area contributed by atoms with Crippen LogP contribution in [0.2, 0.25) is 5.02 Å². The highest BCUT2D eigenvalue weighted by Crippen LogP contribution is 2.32. The molecule has 0 spiro atoms. The molecule has 3 rings (SSSR count). The summed E-state index contributed by atoms with van der Waals surface area (Å²) in [6.07, 6.45) is 0. The number of carbonyl (C=O) groups is 3. The Bertz CT molecular complexity index is 986. The maximum Gasteiger partial charge on any atom is 0.355 e. The number of carbonyl (C=O) groups excluding carboxylic acids is 3. The lowest BCUT2D eigenvalue weighted by Gasteiger charge is -2.32. The number of anilines is 1. The van der Waals surface area contributed by atoms with Crippen LogP contribution in [-0.2, 0) is 23.8 Å². The Morgan fingerprint density at radius 1 is 1.00 bits per heavy atom. The highest BCUT2D eigenvalue weighted by Gasteiger charge is 2.34. The predicted molar refractivity (Wildman–Crippen MR) is 106 cm³/mol. The molecule has 0 N–H and O–H groups in total. The van der Waals surface area contributed by atoms with E-state index in [1.165, 1.54) is 25.2 Å². The van der Waals surface area contributed by atoms with Gasteiger partial charge < -0.3 is 19.1 Å². The molecule has 29 heavy (non-hydrogen) atoms. The van der Waals surface area contributed by atoms with E-state index in [-0.39, 0.29) is 36.0 Å². The van der Waals surface area contributed by atoms with Crippen LogP contribution in [0.1, 0.15) is 15.9 Å². The van der Waals surface area contributed by atoms with Gasteiger partial charge in [0.05, 0.1) is 32.1 Å². The highest BCUT2D eigenvalue weighted by molar-refractivity contribution is 6.31. The van der Waals surface area contributed by atoms with Crippen molar-refractivity contribution in [2.24, 2.45) is 0 Å². The Balaban J connectivity index is 2.17. The van der Waals surface area contributed by atoms with Gasteiger partial charge in [-0.3, -0.25) is 4.79 Å². The molecule has 2 aromatic carbocycles. The smallest absolute Gasteiger partial charge is 0.355 e. The number of methoxy groups -OCH3 is 2. The summed E-state index contributed by atoms with van der Waals surface area (Å²) >= 11 is 6.14. The Labute approximate surface area is 172 Å². The number of halogens is 1. The predicted octanol–water partition coefficient (Wildman–Crippen LogP) is 2.97. The number of benzene rings is 2. The summed E-state index contributed by atoms with van der Waals surface area (Å²) in [7, 11) is 2.41. The van der Waals surface area contributed by atoms with Crippen molar-refractivity contribution in [3.8, 4) is 0 Å². The molecule has 0 atom stereocenters. The number of rotatable bonds is 5. The molecule has 0 aromatic heterocycles. The van der Waals surface area contributed by atoms with Gasteiger partial charge in [-0.25, -0.2) is 9.59 Å². The minimum Gasteiger partial charge on any atom is -0.466 e. The third-order valence-corrected chi connectivity index (χ3v) is 4.60. The molecule has 0 aliphatic carbocycles. The third kappa shape index (κ3) is 4.16. The molecule has 0 amide bonds. The maximum absolute atomic E-state index is 13.1. The quantitative estimate of drug-likeness (QED) is 0.548. The van der Waals surface area contributed by atoms with Crippen LogP contribution in [0.15, 0.2) is 59.8 Å². The monoisotopic (exact) mass is 415 g/mol. The average Bonchev–Trinajstić information content (AvgIpc) is 2.77. The first-order valence-corrected chi connectivity index (χ1v) is 9.00. The number of hydrogen-bond donors (Lipinski definition) is 0. The first-order valence-electron chi connectivity index (χ1n) is 8.62. The van der Waals surface area contributed by atoms with Crippen LogP contribution in [0.5, 0.6) is 0 Å². The molecule has 150 valence electrons. The van der Waals surface area contributed by atoms with Crippen LogP contribution < -0.4 is 4.90 Å². The van der Waals surface area contributed by atoms with Crippen LogP contribution in [0.25, 0.3) is 0 Å². The normalized spacial score (nSPS) is 13.8. The number of hydrogen-bond acceptors (Lipinski definition) is 7. The summed E-state index contributed by atoms with van der Waals surface area (Å²) in [4.78, 5) is 39.2. The van der Waals surface area contributed by atoms with E-state index in [1.54, 1.807) is 42.5 Å². The van der Waals surface area contributed by atoms with Crippen LogP contribution in [-0.4, -0.2) is 45.3 Å². The van der Waals surface area contributed by atoms with Crippen molar-refractivity contribution >= 4 is 35.0 Å². The largest absolute Gasteiger partial charge is 0.466 e. The summed E-state index contributed by atoms with van der Waals surface area (Å²) in [5.41, 5.74) is 1.00. The zero-order valence-corrected chi connectivity index (χ0v) is 16.6. The van der Waals surface area contributed by atoms with Gasteiger partial charge in [-0.1, -0.05) is 41.9 Å². The van der Waals surface area contributed by atoms with Crippen molar-refractivity contribution in [3.05, 3.63) is 76.0 Å². The highest BCUT2D eigenvalue weighted by atomic mass is 35.5. The number of nitrogens with zero attached hydrogens (tertiary/aromatic N) is 1. The Morgan fingerprint density at radius 2 is 1.69 bits per heavy atom. The van der Waals surface area contributed by atoms with Gasteiger partial charge in [-0.2, -0.15) is 0 Å². The molecule has 0 fully saturated rings. The van der Waals surface area contributed by atoms with Crippen molar-refractivity contribution in [2.45, 2.75) is 0 Å². The van der Waals surface area contributed by atoms with Gasteiger partial charge >= 0.3 is 11.9 Å². The second-order valence-electron chi connectivity index (χ2n) is 6.07. The van der Waals surface area contributed by atoms with Crippen molar-refractivity contribution in [2.75, 3.05) is 32.5 Å². The van der Waals surface area contributed by atoms with E-state index in [9.17, 15) is 14.4 Å². The van der Waals surface area contributed by atoms with Crippen LogP contribution in [0.4, 0.5) is 5.69 Å². The van der Waals surface area contributed by atoms with E-state index >= 15 is 0 Å². The molecule has 0 saturated heterocycles. The topological polar surface area (TPSA) is 82.1 Å². The van der Waals surface area contributed by atoms with Gasteiger partial charge in [0, 0.05) is 16.1 Å². The fourth-order valence-electron chi connectivity index (χ4n) is 3.00.